The Morgan fingerprint density at radius 3 is 2.86 bits per heavy atom. The molecular weight excluding hydrogens is 181 g/mol. The van der Waals surface area contributed by atoms with Crippen LogP contribution in [0.4, 0.5) is 4.39 Å². The maximum absolute atomic E-state index is 12.4. The SMILES string of the molecule is CCCC(C)COc1ccc(F)nc1. The van der Waals surface area contributed by atoms with Crippen molar-refractivity contribution in [1.82, 2.24) is 4.98 Å². The predicted molar refractivity (Wildman–Crippen MR) is 53.8 cm³/mol. The number of rotatable bonds is 5. The first-order valence-corrected chi connectivity index (χ1v) is 4.96. The van der Waals surface area contributed by atoms with E-state index >= 15 is 0 Å². The number of hydrogen-bond acceptors (Lipinski definition) is 2. The van der Waals surface area contributed by atoms with Crippen LogP contribution in [0, 0.1) is 11.9 Å². The van der Waals surface area contributed by atoms with E-state index in [4.69, 9.17) is 4.74 Å². The van der Waals surface area contributed by atoms with Crippen molar-refractivity contribution in [3.63, 3.8) is 0 Å². The van der Waals surface area contributed by atoms with Gasteiger partial charge in [0.1, 0.15) is 5.75 Å². The second-order valence-electron chi connectivity index (χ2n) is 3.52. The van der Waals surface area contributed by atoms with Crippen molar-refractivity contribution in [2.24, 2.45) is 5.92 Å². The average Bonchev–Trinajstić information content (AvgIpc) is 2.17. The summed E-state index contributed by atoms with van der Waals surface area (Å²) in [6, 6.07) is 2.90. The standard InChI is InChI=1S/C11H16FNO/c1-3-4-9(2)8-14-10-5-6-11(12)13-7-10/h5-7,9H,3-4,8H2,1-2H3. The summed E-state index contributed by atoms with van der Waals surface area (Å²) in [7, 11) is 0. The summed E-state index contributed by atoms with van der Waals surface area (Å²) in [5.74, 6) is 0.693. The van der Waals surface area contributed by atoms with Crippen LogP contribution in [0.2, 0.25) is 0 Å². The van der Waals surface area contributed by atoms with Gasteiger partial charge in [0.2, 0.25) is 5.95 Å². The average molecular weight is 197 g/mol. The molecule has 0 aliphatic heterocycles. The minimum Gasteiger partial charge on any atom is -0.492 e. The summed E-state index contributed by atoms with van der Waals surface area (Å²) in [5.41, 5.74) is 0. The molecule has 1 rings (SSSR count). The molecule has 1 unspecified atom stereocenters. The molecule has 0 bridgehead atoms. The largest absolute Gasteiger partial charge is 0.492 e. The van der Waals surface area contributed by atoms with E-state index in [9.17, 15) is 4.39 Å². The highest BCUT2D eigenvalue weighted by molar-refractivity contribution is 5.15. The number of hydrogen-bond donors (Lipinski definition) is 0. The molecule has 0 amide bonds. The van der Waals surface area contributed by atoms with Gasteiger partial charge in [-0.15, -0.1) is 0 Å². The highest BCUT2D eigenvalue weighted by Crippen LogP contribution is 2.11. The third-order valence-electron chi connectivity index (χ3n) is 2.02. The van der Waals surface area contributed by atoms with Gasteiger partial charge in [-0.1, -0.05) is 20.3 Å². The second-order valence-corrected chi connectivity index (χ2v) is 3.52. The Hall–Kier alpha value is -1.12. The highest BCUT2D eigenvalue weighted by atomic mass is 19.1. The Morgan fingerprint density at radius 2 is 2.29 bits per heavy atom. The quantitative estimate of drug-likeness (QED) is 0.677. The van der Waals surface area contributed by atoms with Gasteiger partial charge in [0.05, 0.1) is 12.8 Å². The molecule has 2 nitrogen and oxygen atoms in total. The van der Waals surface area contributed by atoms with Crippen LogP contribution < -0.4 is 4.74 Å². The lowest BCUT2D eigenvalue weighted by Crippen LogP contribution is -2.08. The Labute approximate surface area is 84.1 Å². The van der Waals surface area contributed by atoms with Crippen molar-refractivity contribution in [3.05, 3.63) is 24.3 Å². The van der Waals surface area contributed by atoms with Crippen molar-refractivity contribution >= 4 is 0 Å². The zero-order valence-corrected chi connectivity index (χ0v) is 8.66. The molecular formula is C11H16FNO. The fourth-order valence-corrected chi connectivity index (χ4v) is 1.26. The molecule has 0 spiro atoms. The van der Waals surface area contributed by atoms with Gasteiger partial charge in [-0.2, -0.15) is 4.39 Å². The van der Waals surface area contributed by atoms with Gasteiger partial charge in [-0.05, 0) is 24.5 Å². The molecule has 1 aromatic rings. The minimum atomic E-state index is -0.473. The highest BCUT2D eigenvalue weighted by Gasteiger charge is 2.02. The second kappa shape index (κ2) is 5.58. The number of aromatic nitrogens is 1. The lowest BCUT2D eigenvalue weighted by molar-refractivity contribution is 0.250. The van der Waals surface area contributed by atoms with Crippen LogP contribution >= 0.6 is 0 Å². The summed E-state index contributed by atoms with van der Waals surface area (Å²) in [5, 5.41) is 0. The van der Waals surface area contributed by atoms with E-state index in [1.807, 2.05) is 0 Å². The van der Waals surface area contributed by atoms with Crippen LogP contribution in [0.3, 0.4) is 0 Å². The Bertz CT molecular complexity index is 260. The molecule has 0 saturated heterocycles. The van der Waals surface area contributed by atoms with Gasteiger partial charge < -0.3 is 4.74 Å². The first kappa shape index (κ1) is 11.0. The van der Waals surface area contributed by atoms with Crippen molar-refractivity contribution < 1.29 is 9.13 Å². The molecule has 0 aromatic carbocycles. The number of pyridine rings is 1. The molecule has 1 heterocycles. The molecule has 1 aromatic heterocycles. The molecule has 0 saturated carbocycles. The lowest BCUT2D eigenvalue weighted by atomic mass is 10.1. The first-order valence-electron chi connectivity index (χ1n) is 4.96. The van der Waals surface area contributed by atoms with E-state index in [1.54, 1.807) is 6.07 Å². The van der Waals surface area contributed by atoms with Crippen molar-refractivity contribution in [3.8, 4) is 5.75 Å². The summed E-state index contributed by atoms with van der Waals surface area (Å²) in [4.78, 5) is 3.51. The fourth-order valence-electron chi connectivity index (χ4n) is 1.26. The summed E-state index contributed by atoms with van der Waals surface area (Å²) >= 11 is 0. The topological polar surface area (TPSA) is 22.1 Å². The zero-order valence-electron chi connectivity index (χ0n) is 8.66. The Kier molecular flexibility index (Phi) is 4.36. The molecule has 78 valence electrons. The summed E-state index contributed by atoms with van der Waals surface area (Å²) in [6.07, 6.45) is 3.72. The van der Waals surface area contributed by atoms with Crippen LogP contribution in [0.5, 0.6) is 5.75 Å². The normalized spacial score (nSPS) is 12.5. The number of ether oxygens (including phenoxy) is 1. The van der Waals surface area contributed by atoms with Gasteiger partial charge in [-0.25, -0.2) is 4.98 Å². The molecule has 0 fully saturated rings. The van der Waals surface area contributed by atoms with Crippen molar-refractivity contribution in [1.29, 1.82) is 0 Å². The van der Waals surface area contributed by atoms with Crippen LogP contribution in [0.1, 0.15) is 26.7 Å². The third-order valence-corrected chi connectivity index (χ3v) is 2.02. The molecule has 0 aliphatic rings. The van der Waals surface area contributed by atoms with E-state index in [0.29, 0.717) is 18.3 Å². The maximum Gasteiger partial charge on any atom is 0.213 e. The number of nitrogens with zero attached hydrogens (tertiary/aromatic N) is 1. The Balaban J connectivity index is 2.34. The van der Waals surface area contributed by atoms with Crippen molar-refractivity contribution in [2.45, 2.75) is 26.7 Å². The smallest absolute Gasteiger partial charge is 0.213 e. The first-order chi connectivity index (χ1) is 6.72. The van der Waals surface area contributed by atoms with E-state index < -0.39 is 5.95 Å². The zero-order chi connectivity index (χ0) is 10.4. The summed E-state index contributed by atoms with van der Waals surface area (Å²) < 4.78 is 17.9. The van der Waals surface area contributed by atoms with Crippen LogP contribution in [-0.2, 0) is 0 Å². The van der Waals surface area contributed by atoms with Crippen molar-refractivity contribution in [2.75, 3.05) is 6.61 Å². The van der Waals surface area contributed by atoms with Gasteiger partial charge in [0.25, 0.3) is 0 Å². The number of halogens is 1. The van der Waals surface area contributed by atoms with Gasteiger partial charge in [0.15, 0.2) is 0 Å². The molecule has 14 heavy (non-hydrogen) atoms. The van der Waals surface area contributed by atoms with E-state index in [2.05, 4.69) is 18.8 Å². The van der Waals surface area contributed by atoms with Gasteiger partial charge >= 0.3 is 0 Å². The summed E-state index contributed by atoms with van der Waals surface area (Å²) in [6.45, 7) is 4.96. The van der Waals surface area contributed by atoms with E-state index in [0.717, 1.165) is 12.8 Å². The maximum atomic E-state index is 12.4. The Morgan fingerprint density at radius 1 is 1.50 bits per heavy atom. The lowest BCUT2D eigenvalue weighted by Gasteiger charge is -2.11. The van der Waals surface area contributed by atoms with E-state index in [-0.39, 0.29) is 0 Å². The van der Waals surface area contributed by atoms with Crippen LogP contribution in [0.15, 0.2) is 18.3 Å². The molecule has 0 radical (unpaired) electrons. The predicted octanol–water partition coefficient (Wildman–Crippen LogP) is 3.04. The molecule has 1 atom stereocenters. The molecule has 3 heteroatoms. The van der Waals surface area contributed by atoms with Crippen LogP contribution in [0.25, 0.3) is 0 Å². The minimum absolute atomic E-state index is 0.473. The van der Waals surface area contributed by atoms with Gasteiger partial charge in [-0.3, -0.25) is 0 Å². The third kappa shape index (κ3) is 3.73. The van der Waals surface area contributed by atoms with Crippen LogP contribution in [-0.4, -0.2) is 11.6 Å². The van der Waals surface area contributed by atoms with Gasteiger partial charge in [0, 0.05) is 0 Å². The molecule has 0 N–H and O–H groups in total. The molecule has 0 aliphatic carbocycles. The van der Waals surface area contributed by atoms with E-state index in [1.165, 1.54) is 12.3 Å². The monoisotopic (exact) mass is 197 g/mol. The fraction of sp³-hybridized carbons (Fsp3) is 0.545.